The lowest BCUT2D eigenvalue weighted by molar-refractivity contribution is -0.121. The molecule has 2 N–H and O–H groups in total. The number of hydrogen-bond acceptors (Lipinski definition) is 2. The number of aliphatic hydroxyl groups is 1. The Bertz CT molecular complexity index is 160. The summed E-state index contributed by atoms with van der Waals surface area (Å²) in [5.74, 6) is 0.348. The summed E-state index contributed by atoms with van der Waals surface area (Å²) in [4.78, 5) is 10.8. The second-order valence-corrected chi connectivity index (χ2v) is 3.03. The molecule has 0 radical (unpaired) electrons. The molecule has 0 atom stereocenters. The van der Waals surface area contributed by atoms with E-state index in [1.54, 1.807) is 0 Å². The molecule has 0 aromatic heterocycles. The minimum atomic E-state index is -0.193. The Morgan fingerprint density at radius 2 is 2.44 bits per heavy atom. The zero-order chi connectivity index (χ0) is 6.48. The molecule has 1 saturated carbocycles. The van der Waals surface area contributed by atoms with Gasteiger partial charge in [0, 0.05) is 5.92 Å². The summed E-state index contributed by atoms with van der Waals surface area (Å²) in [6, 6.07) is 0. The first kappa shape index (κ1) is 5.23. The molecule has 0 aromatic rings. The van der Waals surface area contributed by atoms with Crippen LogP contribution in [0, 0.1) is 5.92 Å². The smallest absolute Gasteiger partial charge is 0.223 e. The van der Waals surface area contributed by atoms with Gasteiger partial charge in [0.25, 0.3) is 0 Å². The summed E-state index contributed by atoms with van der Waals surface area (Å²) in [7, 11) is 0. The van der Waals surface area contributed by atoms with Gasteiger partial charge in [-0.05, 0) is 12.8 Å². The number of fused-ring (bicyclic) bond motifs is 1. The first-order valence-corrected chi connectivity index (χ1v) is 3.19. The van der Waals surface area contributed by atoms with Crippen LogP contribution in [0.1, 0.15) is 12.8 Å². The first-order chi connectivity index (χ1) is 4.26. The molecule has 1 aliphatic carbocycles. The molecule has 3 rings (SSSR count). The minimum Gasteiger partial charge on any atom is -0.394 e. The third-order valence-electron chi connectivity index (χ3n) is 2.34. The van der Waals surface area contributed by atoms with Gasteiger partial charge in [0.05, 0.1) is 12.1 Å². The van der Waals surface area contributed by atoms with Gasteiger partial charge in [-0.15, -0.1) is 0 Å². The molecule has 1 amide bonds. The largest absolute Gasteiger partial charge is 0.394 e. The molecule has 3 fully saturated rings. The summed E-state index contributed by atoms with van der Waals surface area (Å²) >= 11 is 0. The summed E-state index contributed by atoms with van der Waals surface area (Å²) in [6.07, 6.45) is 1.70. The average molecular weight is 127 g/mol. The third-order valence-corrected chi connectivity index (χ3v) is 2.34. The van der Waals surface area contributed by atoms with Crippen molar-refractivity contribution in [2.75, 3.05) is 6.61 Å². The molecule has 2 saturated heterocycles. The number of aliphatic hydroxyl groups excluding tert-OH is 1. The molecule has 3 aliphatic rings. The van der Waals surface area contributed by atoms with Gasteiger partial charge in [-0.2, -0.15) is 0 Å². The maximum Gasteiger partial charge on any atom is 0.223 e. The van der Waals surface area contributed by atoms with E-state index in [0.29, 0.717) is 0 Å². The van der Waals surface area contributed by atoms with Crippen molar-refractivity contribution in [3.05, 3.63) is 0 Å². The van der Waals surface area contributed by atoms with Crippen molar-refractivity contribution in [3.8, 4) is 0 Å². The second-order valence-electron chi connectivity index (χ2n) is 3.03. The zero-order valence-electron chi connectivity index (χ0n) is 5.05. The predicted molar refractivity (Wildman–Crippen MR) is 30.7 cm³/mol. The summed E-state index contributed by atoms with van der Waals surface area (Å²) in [5.41, 5.74) is -0.193. The van der Waals surface area contributed by atoms with Crippen LogP contribution in [0.2, 0.25) is 0 Å². The fourth-order valence-corrected chi connectivity index (χ4v) is 1.70. The lowest BCUT2D eigenvalue weighted by Gasteiger charge is -2.33. The van der Waals surface area contributed by atoms with Gasteiger partial charge >= 0.3 is 0 Å². The highest BCUT2D eigenvalue weighted by molar-refractivity contribution is 5.85. The molecule has 0 spiro atoms. The number of hydrogen-bond donors (Lipinski definition) is 2. The fraction of sp³-hybridized carbons (Fsp3) is 0.833. The standard InChI is InChI=1S/C6H9NO2/c8-3-6-1-4(2-6)5(9)7-6/h4,8H,1-3H2,(H,7,9). The van der Waals surface area contributed by atoms with Crippen molar-refractivity contribution < 1.29 is 9.90 Å². The molecule has 2 aliphatic heterocycles. The maximum absolute atomic E-state index is 10.8. The van der Waals surface area contributed by atoms with Crippen LogP contribution in [-0.2, 0) is 4.79 Å². The molecule has 0 unspecified atom stereocenters. The van der Waals surface area contributed by atoms with Gasteiger partial charge in [-0.1, -0.05) is 0 Å². The number of nitrogens with one attached hydrogen (secondary N) is 1. The van der Waals surface area contributed by atoms with Crippen molar-refractivity contribution in [1.29, 1.82) is 0 Å². The summed E-state index contributed by atoms with van der Waals surface area (Å²) < 4.78 is 0. The van der Waals surface area contributed by atoms with Gasteiger partial charge in [-0.25, -0.2) is 0 Å². The summed E-state index contributed by atoms with van der Waals surface area (Å²) in [6.45, 7) is 0.106. The molecule has 2 bridgehead atoms. The number of amides is 1. The predicted octanol–water partition coefficient (Wildman–Crippen LogP) is -0.743. The van der Waals surface area contributed by atoms with Gasteiger partial charge in [0.2, 0.25) is 5.91 Å². The van der Waals surface area contributed by atoms with E-state index < -0.39 is 0 Å². The van der Waals surface area contributed by atoms with Crippen LogP contribution in [0.3, 0.4) is 0 Å². The van der Waals surface area contributed by atoms with Gasteiger partial charge < -0.3 is 10.4 Å². The monoisotopic (exact) mass is 127 g/mol. The second kappa shape index (κ2) is 1.29. The Morgan fingerprint density at radius 3 is 2.67 bits per heavy atom. The Kier molecular flexibility index (Phi) is 0.750. The molecule has 3 nitrogen and oxygen atoms in total. The highest BCUT2D eigenvalue weighted by Crippen LogP contribution is 2.43. The van der Waals surface area contributed by atoms with E-state index in [9.17, 15) is 4.79 Å². The lowest BCUT2D eigenvalue weighted by atomic mass is 9.74. The zero-order valence-corrected chi connectivity index (χ0v) is 5.05. The molecular weight excluding hydrogens is 118 g/mol. The average Bonchev–Trinajstić information content (AvgIpc) is 2.18. The highest BCUT2D eigenvalue weighted by Gasteiger charge is 2.55. The van der Waals surface area contributed by atoms with Crippen LogP contribution in [0.4, 0.5) is 0 Å². The maximum atomic E-state index is 10.8. The molecule has 9 heavy (non-hydrogen) atoms. The van der Waals surface area contributed by atoms with Crippen LogP contribution in [0.5, 0.6) is 0 Å². The van der Waals surface area contributed by atoms with E-state index in [1.165, 1.54) is 0 Å². The first-order valence-electron chi connectivity index (χ1n) is 3.19. The number of rotatable bonds is 1. The van der Waals surface area contributed by atoms with E-state index >= 15 is 0 Å². The van der Waals surface area contributed by atoms with Crippen LogP contribution in [0.15, 0.2) is 0 Å². The lowest BCUT2D eigenvalue weighted by Crippen LogP contribution is -2.46. The van der Waals surface area contributed by atoms with Crippen molar-refractivity contribution in [1.82, 2.24) is 5.32 Å². The summed E-state index contributed by atoms with van der Waals surface area (Å²) in [5, 5.41) is 11.5. The molecule has 50 valence electrons. The van der Waals surface area contributed by atoms with Crippen LogP contribution in [-0.4, -0.2) is 23.2 Å². The third kappa shape index (κ3) is 0.477. The Labute approximate surface area is 53.1 Å². The Hall–Kier alpha value is -0.570. The van der Waals surface area contributed by atoms with E-state index in [2.05, 4.69) is 5.32 Å². The quantitative estimate of drug-likeness (QED) is 0.487. The highest BCUT2D eigenvalue weighted by atomic mass is 16.3. The van der Waals surface area contributed by atoms with E-state index in [0.717, 1.165) is 12.8 Å². The fourth-order valence-electron chi connectivity index (χ4n) is 1.70. The van der Waals surface area contributed by atoms with Crippen LogP contribution in [0.25, 0.3) is 0 Å². The van der Waals surface area contributed by atoms with Gasteiger partial charge in [0.15, 0.2) is 0 Å². The van der Waals surface area contributed by atoms with Gasteiger partial charge in [-0.3, -0.25) is 4.79 Å². The molecule has 3 heteroatoms. The number of carbonyl (C=O) groups is 1. The van der Waals surface area contributed by atoms with Crippen LogP contribution < -0.4 is 5.32 Å². The SMILES string of the molecule is O=C1NC2(CO)CC1C2. The molecule has 2 heterocycles. The Balaban J connectivity index is 2.17. The van der Waals surface area contributed by atoms with E-state index in [4.69, 9.17) is 5.11 Å². The van der Waals surface area contributed by atoms with Crippen molar-refractivity contribution in [3.63, 3.8) is 0 Å². The normalized spacial score (nSPS) is 46.3. The molecule has 0 aromatic carbocycles. The van der Waals surface area contributed by atoms with Crippen molar-refractivity contribution >= 4 is 5.91 Å². The van der Waals surface area contributed by atoms with Crippen molar-refractivity contribution in [2.24, 2.45) is 5.92 Å². The molecular formula is C6H9NO2. The van der Waals surface area contributed by atoms with E-state index in [1.807, 2.05) is 0 Å². The van der Waals surface area contributed by atoms with Gasteiger partial charge in [0.1, 0.15) is 0 Å². The minimum absolute atomic E-state index is 0.106. The van der Waals surface area contributed by atoms with Crippen LogP contribution >= 0.6 is 0 Å². The van der Waals surface area contributed by atoms with E-state index in [-0.39, 0.29) is 24.0 Å². The Morgan fingerprint density at radius 1 is 1.78 bits per heavy atom. The topological polar surface area (TPSA) is 49.3 Å². The van der Waals surface area contributed by atoms with Crippen molar-refractivity contribution in [2.45, 2.75) is 18.4 Å². The number of carbonyl (C=O) groups excluding carboxylic acids is 1.